The Morgan fingerprint density at radius 1 is 1.07 bits per heavy atom. The van der Waals surface area contributed by atoms with Crippen molar-refractivity contribution < 1.29 is 21.6 Å². The van der Waals surface area contributed by atoms with Crippen molar-refractivity contribution in [1.29, 1.82) is 0 Å². The molecule has 0 aliphatic heterocycles. The number of para-hydroxylation sites is 1. The van der Waals surface area contributed by atoms with Crippen molar-refractivity contribution in [3.05, 3.63) is 70.3 Å². The number of benzene rings is 2. The number of H-pyrrole nitrogens is 1. The summed E-state index contributed by atoms with van der Waals surface area (Å²) < 4.78 is 66.4. The standard InChI is InChI=1S/C18H16F3N3O3S/c1-2-24(11-16-22-14-9-5-3-7-12(14)17(25)23-16)28(26,27)15-10-6-4-8-13(15)18(19,20)21/h3-10H,2,11H2,1H3,(H,22,23,25). The number of rotatable bonds is 5. The molecular weight excluding hydrogens is 395 g/mol. The molecule has 3 aromatic rings. The molecule has 0 saturated heterocycles. The first-order chi connectivity index (χ1) is 13.1. The zero-order valence-corrected chi connectivity index (χ0v) is 15.5. The molecular formula is C18H16F3N3O3S. The van der Waals surface area contributed by atoms with Gasteiger partial charge in [-0.15, -0.1) is 0 Å². The number of aromatic amines is 1. The van der Waals surface area contributed by atoms with Crippen LogP contribution in [0.3, 0.4) is 0 Å². The van der Waals surface area contributed by atoms with Crippen LogP contribution in [0, 0.1) is 0 Å². The molecule has 0 bridgehead atoms. The van der Waals surface area contributed by atoms with Crippen LogP contribution in [0.25, 0.3) is 10.9 Å². The van der Waals surface area contributed by atoms with E-state index in [0.717, 1.165) is 22.5 Å². The average molecular weight is 411 g/mol. The van der Waals surface area contributed by atoms with Crippen molar-refractivity contribution in [2.24, 2.45) is 0 Å². The van der Waals surface area contributed by atoms with Gasteiger partial charge < -0.3 is 4.98 Å². The second-order valence-electron chi connectivity index (χ2n) is 5.95. The molecule has 0 aliphatic rings. The third kappa shape index (κ3) is 3.78. The zero-order chi connectivity index (χ0) is 20.5. The van der Waals surface area contributed by atoms with Gasteiger partial charge in [-0.1, -0.05) is 31.2 Å². The summed E-state index contributed by atoms with van der Waals surface area (Å²) >= 11 is 0. The molecule has 0 aliphatic carbocycles. The van der Waals surface area contributed by atoms with E-state index in [9.17, 15) is 26.4 Å². The van der Waals surface area contributed by atoms with Gasteiger partial charge in [0.15, 0.2) is 0 Å². The summed E-state index contributed by atoms with van der Waals surface area (Å²) in [6, 6.07) is 10.5. The van der Waals surface area contributed by atoms with Crippen molar-refractivity contribution >= 4 is 20.9 Å². The molecule has 10 heteroatoms. The SMILES string of the molecule is CCN(Cc1nc2ccccc2c(=O)[nH]1)S(=O)(=O)c1ccccc1C(F)(F)F. The normalized spacial score (nSPS) is 12.6. The Bertz CT molecular complexity index is 1170. The fourth-order valence-corrected chi connectivity index (χ4v) is 4.43. The predicted octanol–water partition coefficient (Wildman–Crippen LogP) is 3.15. The summed E-state index contributed by atoms with van der Waals surface area (Å²) in [5.41, 5.74) is -1.33. The van der Waals surface area contributed by atoms with Crippen molar-refractivity contribution in [2.45, 2.75) is 24.5 Å². The smallest absolute Gasteiger partial charge is 0.309 e. The average Bonchev–Trinajstić information content (AvgIpc) is 2.65. The molecule has 148 valence electrons. The van der Waals surface area contributed by atoms with Crippen LogP contribution in [0.15, 0.2) is 58.2 Å². The van der Waals surface area contributed by atoms with E-state index >= 15 is 0 Å². The summed E-state index contributed by atoms with van der Waals surface area (Å²) in [7, 11) is -4.48. The minimum atomic E-state index is -4.82. The number of fused-ring (bicyclic) bond motifs is 1. The van der Waals surface area contributed by atoms with E-state index < -0.39 is 32.2 Å². The molecule has 1 heterocycles. The molecule has 6 nitrogen and oxygen atoms in total. The van der Waals surface area contributed by atoms with Gasteiger partial charge >= 0.3 is 6.18 Å². The zero-order valence-electron chi connectivity index (χ0n) is 14.7. The van der Waals surface area contributed by atoms with Crippen molar-refractivity contribution in [1.82, 2.24) is 14.3 Å². The van der Waals surface area contributed by atoms with E-state index in [1.54, 1.807) is 24.3 Å². The second-order valence-corrected chi connectivity index (χ2v) is 7.86. The fraction of sp³-hybridized carbons (Fsp3) is 0.222. The number of alkyl halides is 3. The number of halogens is 3. The van der Waals surface area contributed by atoms with Gasteiger partial charge in [0, 0.05) is 6.54 Å². The Balaban J connectivity index is 2.04. The lowest BCUT2D eigenvalue weighted by Gasteiger charge is -2.22. The lowest BCUT2D eigenvalue weighted by Crippen LogP contribution is -2.33. The Hall–Kier alpha value is -2.72. The molecule has 1 aromatic heterocycles. The number of aromatic nitrogens is 2. The monoisotopic (exact) mass is 411 g/mol. The first-order valence-electron chi connectivity index (χ1n) is 8.29. The highest BCUT2D eigenvalue weighted by atomic mass is 32.2. The van der Waals surface area contributed by atoms with Gasteiger partial charge in [0.2, 0.25) is 10.0 Å². The highest BCUT2D eigenvalue weighted by molar-refractivity contribution is 7.89. The number of nitrogens with one attached hydrogen (secondary N) is 1. The molecule has 0 radical (unpaired) electrons. The molecule has 0 spiro atoms. The van der Waals surface area contributed by atoms with E-state index in [1.807, 2.05) is 0 Å². The Morgan fingerprint density at radius 2 is 1.71 bits per heavy atom. The minimum absolute atomic E-state index is 0.0404. The maximum atomic E-state index is 13.3. The summed E-state index contributed by atoms with van der Waals surface area (Å²) in [6.07, 6.45) is -4.82. The molecule has 1 N–H and O–H groups in total. The Kier molecular flexibility index (Phi) is 5.26. The third-order valence-electron chi connectivity index (χ3n) is 4.15. The van der Waals surface area contributed by atoms with Crippen LogP contribution in [-0.2, 0) is 22.7 Å². The molecule has 0 saturated carbocycles. The maximum Gasteiger partial charge on any atom is 0.417 e. The van der Waals surface area contributed by atoms with Crippen molar-refractivity contribution in [2.75, 3.05) is 6.54 Å². The number of sulfonamides is 1. The molecule has 0 unspecified atom stereocenters. The van der Waals surface area contributed by atoms with E-state index in [2.05, 4.69) is 9.97 Å². The first kappa shape index (κ1) is 20.0. The lowest BCUT2D eigenvalue weighted by molar-refractivity contribution is -0.139. The van der Waals surface area contributed by atoms with Gasteiger partial charge in [-0.25, -0.2) is 13.4 Å². The third-order valence-corrected chi connectivity index (χ3v) is 6.13. The topological polar surface area (TPSA) is 83.1 Å². The molecule has 0 amide bonds. The van der Waals surface area contributed by atoms with E-state index in [4.69, 9.17) is 0 Å². The van der Waals surface area contributed by atoms with Crippen LogP contribution >= 0.6 is 0 Å². The molecule has 2 aromatic carbocycles. The Morgan fingerprint density at radius 3 is 2.39 bits per heavy atom. The number of hydrogen-bond acceptors (Lipinski definition) is 4. The number of nitrogens with zero attached hydrogens (tertiary/aromatic N) is 2. The van der Waals surface area contributed by atoms with Crippen LogP contribution in [0.5, 0.6) is 0 Å². The summed E-state index contributed by atoms with van der Waals surface area (Å²) in [4.78, 5) is 18.0. The fourth-order valence-electron chi connectivity index (χ4n) is 2.81. The van der Waals surface area contributed by atoms with E-state index in [0.29, 0.717) is 10.9 Å². The van der Waals surface area contributed by atoms with Gasteiger partial charge in [0.1, 0.15) is 5.82 Å². The summed E-state index contributed by atoms with van der Waals surface area (Å²) in [5, 5.41) is 0.333. The van der Waals surface area contributed by atoms with Gasteiger partial charge in [0.05, 0.1) is 27.9 Å². The van der Waals surface area contributed by atoms with Gasteiger partial charge in [-0.3, -0.25) is 4.79 Å². The van der Waals surface area contributed by atoms with Crippen LogP contribution in [-0.4, -0.2) is 29.2 Å². The Labute approximate surface area is 158 Å². The van der Waals surface area contributed by atoms with Gasteiger partial charge in [0.25, 0.3) is 5.56 Å². The molecule has 0 fully saturated rings. The van der Waals surface area contributed by atoms with Gasteiger partial charge in [-0.05, 0) is 24.3 Å². The highest BCUT2D eigenvalue weighted by Gasteiger charge is 2.38. The van der Waals surface area contributed by atoms with Crippen molar-refractivity contribution in [3.63, 3.8) is 0 Å². The maximum absolute atomic E-state index is 13.3. The molecule has 0 atom stereocenters. The van der Waals surface area contributed by atoms with Crippen LogP contribution in [0.2, 0.25) is 0 Å². The molecule has 28 heavy (non-hydrogen) atoms. The largest absolute Gasteiger partial charge is 0.417 e. The van der Waals surface area contributed by atoms with E-state index in [1.165, 1.54) is 13.0 Å². The summed E-state index contributed by atoms with van der Waals surface area (Å²) in [5.74, 6) is 0.0404. The first-order valence-corrected chi connectivity index (χ1v) is 9.73. The number of hydrogen-bond donors (Lipinski definition) is 1. The highest BCUT2D eigenvalue weighted by Crippen LogP contribution is 2.35. The summed E-state index contributed by atoms with van der Waals surface area (Å²) in [6.45, 7) is 1.02. The second kappa shape index (κ2) is 7.36. The molecule has 3 rings (SSSR count). The van der Waals surface area contributed by atoms with Gasteiger partial charge in [-0.2, -0.15) is 17.5 Å². The minimum Gasteiger partial charge on any atom is -0.309 e. The van der Waals surface area contributed by atoms with Crippen LogP contribution < -0.4 is 5.56 Å². The van der Waals surface area contributed by atoms with Crippen molar-refractivity contribution in [3.8, 4) is 0 Å². The quantitative estimate of drug-likeness (QED) is 0.699. The lowest BCUT2D eigenvalue weighted by atomic mass is 10.2. The van der Waals surface area contributed by atoms with Crippen LogP contribution in [0.1, 0.15) is 18.3 Å². The van der Waals surface area contributed by atoms with Crippen LogP contribution in [0.4, 0.5) is 13.2 Å². The van der Waals surface area contributed by atoms with E-state index in [-0.39, 0.29) is 18.9 Å². The predicted molar refractivity (Wildman–Crippen MR) is 97.1 cm³/mol.